The van der Waals surface area contributed by atoms with Gasteiger partial charge in [-0.3, -0.25) is 9.78 Å². The number of unbranched alkanes of at least 4 members (excludes halogenated alkanes) is 2. The molecule has 0 unspecified atom stereocenters. The molecule has 0 bridgehead atoms. The van der Waals surface area contributed by atoms with E-state index in [1.165, 1.54) is 18.4 Å². The minimum Gasteiger partial charge on any atom is -0.305 e. The van der Waals surface area contributed by atoms with Gasteiger partial charge in [-0.1, -0.05) is 50.1 Å². The van der Waals surface area contributed by atoms with E-state index in [0.717, 1.165) is 23.6 Å². The Morgan fingerprint density at radius 2 is 1.92 bits per heavy atom. The summed E-state index contributed by atoms with van der Waals surface area (Å²) in [5, 5.41) is 4.82. The summed E-state index contributed by atoms with van der Waals surface area (Å²) in [5.74, 6) is 0.325. The van der Waals surface area contributed by atoms with Crippen LogP contribution >= 0.6 is 0 Å². The number of amides is 1. The fourth-order valence-corrected chi connectivity index (χ4v) is 2.68. The largest absolute Gasteiger partial charge is 0.305 e. The van der Waals surface area contributed by atoms with Crippen molar-refractivity contribution in [3.63, 3.8) is 0 Å². The lowest BCUT2D eigenvalue weighted by atomic mass is 10.1. The molecule has 0 radical (unpaired) electrons. The number of rotatable bonds is 6. The van der Waals surface area contributed by atoms with Gasteiger partial charge in [-0.2, -0.15) is 0 Å². The summed E-state index contributed by atoms with van der Waals surface area (Å²) >= 11 is 0. The summed E-state index contributed by atoms with van der Waals surface area (Å²) in [6.07, 6.45) is 8.07. The van der Waals surface area contributed by atoms with Crippen LogP contribution in [0.1, 0.15) is 42.2 Å². The highest BCUT2D eigenvalue weighted by molar-refractivity contribution is 6.07. The van der Waals surface area contributed by atoms with E-state index in [1.54, 1.807) is 18.5 Å². The van der Waals surface area contributed by atoms with Crippen molar-refractivity contribution in [1.29, 1.82) is 0 Å². The van der Waals surface area contributed by atoms with Crippen LogP contribution in [0.4, 0.5) is 5.82 Å². The van der Waals surface area contributed by atoms with Gasteiger partial charge in [0, 0.05) is 17.8 Å². The Bertz CT molecular complexity index is 822. The zero-order chi connectivity index (χ0) is 16.8. The number of benzene rings is 1. The molecule has 24 heavy (non-hydrogen) atoms. The maximum Gasteiger partial charge on any atom is 0.275 e. The number of aromatic nitrogens is 2. The van der Waals surface area contributed by atoms with Gasteiger partial charge in [0.05, 0.1) is 0 Å². The standard InChI is InChI=1S/C20H21N3O/c1-2-3-4-7-15-10-11-18(22-14-15)20(24)23-19-17-9-6-5-8-16(17)12-13-21-19/h5-6,8-14H,2-4,7H2,1H3,(H,21,23,24). The molecular formula is C20H21N3O. The van der Waals surface area contributed by atoms with E-state index in [0.29, 0.717) is 11.5 Å². The number of hydrogen-bond donors (Lipinski definition) is 1. The molecule has 0 aliphatic rings. The maximum atomic E-state index is 12.4. The Morgan fingerprint density at radius 3 is 2.71 bits per heavy atom. The van der Waals surface area contributed by atoms with Crippen molar-refractivity contribution in [1.82, 2.24) is 9.97 Å². The van der Waals surface area contributed by atoms with E-state index in [9.17, 15) is 4.79 Å². The van der Waals surface area contributed by atoms with Gasteiger partial charge >= 0.3 is 0 Å². The van der Waals surface area contributed by atoms with E-state index in [4.69, 9.17) is 0 Å². The molecule has 1 N–H and O–H groups in total. The van der Waals surface area contributed by atoms with Crippen LogP contribution in [-0.4, -0.2) is 15.9 Å². The summed E-state index contributed by atoms with van der Waals surface area (Å²) < 4.78 is 0. The van der Waals surface area contributed by atoms with E-state index >= 15 is 0 Å². The first kappa shape index (κ1) is 16.1. The predicted octanol–water partition coefficient (Wildman–Crippen LogP) is 4.61. The van der Waals surface area contributed by atoms with Crippen LogP contribution in [0.25, 0.3) is 10.8 Å². The molecule has 122 valence electrons. The SMILES string of the molecule is CCCCCc1ccc(C(=O)Nc2nccc3ccccc23)nc1. The Morgan fingerprint density at radius 1 is 1.04 bits per heavy atom. The maximum absolute atomic E-state index is 12.4. The van der Waals surface area contributed by atoms with Crippen molar-refractivity contribution in [2.24, 2.45) is 0 Å². The molecule has 0 atom stereocenters. The second-order valence-corrected chi connectivity index (χ2v) is 5.84. The third-order valence-corrected chi connectivity index (χ3v) is 4.03. The Balaban J connectivity index is 1.72. The highest BCUT2D eigenvalue weighted by Gasteiger charge is 2.10. The molecule has 0 fully saturated rings. The van der Waals surface area contributed by atoms with Crippen molar-refractivity contribution >= 4 is 22.5 Å². The van der Waals surface area contributed by atoms with Gasteiger partial charge in [-0.25, -0.2) is 4.98 Å². The van der Waals surface area contributed by atoms with Gasteiger partial charge in [-0.05, 0) is 35.9 Å². The van der Waals surface area contributed by atoms with Crippen LogP contribution in [0, 0.1) is 0 Å². The number of carbonyl (C=O) groups is 1. The van der Waals surface area contributed by atoms with Crippen molar-refractivity contribution in [2.75, 3.05) is 5.32 Å². The average Bonchev–Trinajstić information content (AvgIpc) is 2.63. The lowest BCUT2D eigenvalue weighted by molar-refractivity contribution is 0.102. The second kappa shape index (κ2) is 7.68. The lowest BCUT2D eigenvalue weighted by Crippen LogP contribution is -2.14. The molecule has 3 rings (SSSR count). The third kappa shape index (κ3) is 3.77. The molecule has 3 aromatic rings. The van der Waals surface area contributed by atoms with E-state index < -0.39 is 0 Å². The minimum absolute atomic E-state index is 0.237. The molecule has 0 spiro atoms. The number of nitrogens with zero attached hydrogens (tertiary/aromatic N) is 2. The van der Waals surface area contributed by atoms with Crippen LogP contribution in [-0.2, 0) is 6.42 Å². The number of aryl methyl sites for hydroxylation is 1. The quantitative estimate of drug-likeness (QED) is 0.675. The lowest BCUT2D eigenvalue weighted by Gasteiger charge is -2.07. The fourth-order valence-electron chi connectivity index (χ4n) is 2.68. The number of hydrogen-bond acceptors (Lipinski definition) is 3. The molecule has 1 aromatic carbocycles. The van der Waals surface area contributed by atoms with E-state index in [1.807, 2.05) is 36.4 Å². The fraction of sp³-hybridized carbons (Fsp3) is 0.250. The van der Waals surface area contributed by atoms with Gasteiger partial charge in [0.15, 0.2) is 0 Å². The molecule has 4 heteroatoms. The number of pyridine rings is 2. The van der Waals surface area contributed by atoms with E-state index in [-0.39, 0.29) is 5.91 Å². The van der Waals surface area contributed by atoms with Crippen molar-refractivity contribution in [3.8, 4) is 0 Å². The van der Waals surface area contributed by atoms with Gasteiger partial charge in [0.25, 0.3) is 5.91 Å². The molecule has 1 amide bonds. The minimum atomic E-state index is -0.237. The summed E-state index contributed by atoms with van der Waals surface area (Å²) in [4.78, 5) is 21.0. The number of fused-ring (bicyclic) bond motifs is 1. The predicted molar refractivity (Wildman–Crippen MR) is 97.2 cm³/mol. The first-order chi connectivity index (χ1) is 11.8. The molecule has 0 aliphatic carbocycles. The molecule has 4 nitrogen and oxygen atoms in total. The number of anilines is 1. The Labute approximate surface area is 142 Å². The molecule has 2 aromatic heterocycles. The highest BCUT2D eigenvalue weighted by atomic mass is 16.1. The zero-order valence-corrected chi connectivity index (χ0v) is 13.8. The first-order valence-corrected chi connectivity index (χ1v) is 8.38. The van der Waals surface area contributed by atoms with E-state index in [2.05, 4.69) is 22.2 Å². The molecule has 0 saturated heterocycles. The third-order valence-electron chi connectivity index (χ3n) is 4.03. The summed E-state index contributed by atoms with van der Waals surface area (Å²) in [5.41, 5.74) is 1.58. The molecule has 2 heterocycles. The van der Waals surface area contributed by atoms with Crippen molar-refractivity contribution in [3.05, 3.63) is 66.1 Å². The highest BCUT2D eigenvalue weighted by Crippen LogP contribution is 2.20. The van der Waals surface area contributed by atoms with Crippen LogP contribution in [0.5, 0.6) is 0 Å². The van der Waals surface area contributed by atoms with Gasteiger partial charge in [0.2, 0.25) is 0 Å². The van der Waals surface area contributed by atoms with Crippen molar-refractivity contribution < 1.29 is 4.79 Å². The Hall–Kier alpha value is -2.75. The smallest absolute Gasteiger partial charge is 0.275 e. The van der Waals surface area contributed by atoms with Gasteiger partial charge in [0.1, 0.15) is 11.5 Å². The molecular weight excluding hydrogens is 298 g/mol. The topological polar surface area (TPSA) is 54.9 Å². The summed E-state index contributed by atoms with van der Waals surface area (Å²) in [6, 6.07) is 13.5. The summed E-state index contributed by atoms with van der Waals surface area (Å²) in [6.45, 7) is 2.19. The number of carbonyl (C=O) groups excluding carboxylic acids is 1. The van der Waals surface area contributed by atoms with Crippen LogP contribution in [0.2, 0.25) is 0 Å². The van der Waals surface area contributed by atoms with Gasteiger partial charge in [-0.15, -0.1) is 0 Å². The summed E-state index contributed by atoms with van der Waals surface area (Å²) in [7, 11) is 0. The second-order valence-electron chi connectivity index (χ2n) is 5.84. The van der Waals surface area contributed by atoms with Crippen LogP contribution in [0.3, 0.4) is 0 Å². The normalized spacial score (nSPS) is 10.7. The van der Waals surface area contributed by atoms with Crippen molar-refractivity contribution in [2.45, 2.75) is 32.6 Å². The van der Waals surface area contributed by atoms with Crippen LogP contribution in [0.15, 0.2) is 54.9 Å². The molecule has 0 aliphatic heterocycles. The Kier molecular flexibility index (Phi) is 5.16. The monoisotopic (exact) mass is 319 g/mol. The average molecular weight is 319 g/mol. The molecule has 0 saturated carbocycles. The van der Waals surface area contributed by atoms with Gasteiger partial charge < -0.3 is 5.32 Å². The zero-order valence-electron chi connectivity index (χ0n) is 13.8. The van der Waals surface area contributed by atoms with Crippen LogP contribution < -0.4 is 5.32 Å². The first-order valence-electron chi connectivity index (χ1n) is 8.38. The number of nitrogens with one attached hydrogen (secondary N) is 1.